The number of carbonyl (C=O) groups is 1. The standard InChI is InChI=1S/C19H30N4O/c1-15-12-20-13-16(2)23(15)19(24)18-6-4-5-17(11-18)14-22-9-7-21(3)8-10-22/h4-6,11,15-16,20H,7-10,12-14H2,1-3H3/t15-,16+. The summed E-state index contributed by atoms with van der Waals surface area (Å²) in [4.78, 5) is 19.9. The minimum atomic E-state index is 0.164. The summed E-state index contributed by atoms with van der Waals surface area (Å²) in [6.07, 6.45) is 0. The van der Waals surface area contributed by atoms with Crippen molar-refractivity contribution in [2.75, 3.05) is 46.3 Å². The van der Waals surface area contributed by atoms with Gasteiger partial charge in [0.05, 0.1) is 0 Å². The Kier molecular flexibility index (Phi) is 5.54. The molecule has 132 valence electrons. The normalized spacial score (nSPS) is 26.5. The Bertz CT molecular complexity index is 558. The zero-order valence-corrected chi connectivity index (χ0v) is 15.2. The Labute approximate surface area is 145 Å². The zero-order valence-electron chi connectivity index (χ0n) is 15.2. The van der Waals surface area contributed by atoms with Gasteiger partial charge in [-0.15, -0.1) is 0 Å². The maximum Gasteiger partial charge on any atom is 0.254 e. The number of piperazine rings is 2. The van der Waals surface area contributed by atoms with E-state index in [0.29, 0.717) is 0 Å². The maximum atomic E-state index is 13.0. The van der Waals surface area contributed by atoms with Gasteiger partial charge in [0.1, 0.15) is 0 Å². The molecule has 1 amide bonds. The second-order valence-electron chi connectivity index (χ2n) is 7.35. The molecule has 2 heterocycles. The van der Waals surface area contributed by atoms with Crippen LogP contribution in [0.5, 0.6) is 0 Å². The molecule has 5 nitrogen and oxygen atoms in total. The highest BCUT2D eigenvalue weighted by Crippen LogP contribution is 2.17. The lowest BCUT2D eigenvalue weighted by Crippen LogP contribution is -2.57. The summed E-state index contributed by atoms with van der Waals surface area (Å²) in [7, 11) is 2.17. The van der Waals surface area contributed by atoms with Crippen molar-refractivity contribution in [3.63, 3.8) is 0 Å². The molecule has 2 atom stereocenters. The topological polar surface area (TPSA) is 38.8 Å². The van der Waals surface area contributed by atoms with Crippen LogP contribution in [0.15, 0.2) is 24.3 Å². The van der Waals surface area contributed by atoms with E-state index in [2.05, 4.69) is 48.1 Å². The molecule has 2 fully saturated rings. The Hall–Kier alpha value is -1.43. The molecule has 0 spiro atoms. The highest BCUT2D eigenvalue weighted by Gasteiger charge is 2.29. The van der Waals surface area contributed by atoms with E-state index in [4.69, 9.17) is 0 Å². The van der Waals surface area contributed by atoms with Gasteiger partial charge in [-0.3, -0.25) is 9.69 Å². The summed E-state index contributed by atoms with van der Waals surface area (Å²) in [5.74, 6) is 0.164. The summed E-state index contributed by atoms with van der Waals surface area (Å²) in [5, 5.41) is 3.39. The molecule has 5 heteroatoms. The van der Waals surface area contributed by atoms with Gasteiger partial charge >= 0.3 is 0 Å². The van der Waals surface area contributed by atoms with E-state index in [9.17, 15) is 4.79 Å². The molecular weight excluding hydrogens is 300 g/mol. The van der Waals surface area contributed by atoms with Crippen LogP contribution in [0.2, 0.25) is 0 Å². The predicted molar refractivity (Wildman–Crippen MR) is 97.2 cm³/mol. The molecule has 1 aromatic rings. The summed E-state index contributed by atoms with van der Waals surface area (Å²) in [5.41, 5.74) is 2.06. The summed E-state index contributed by atoms with van der Waals surface area (Å²) >= 11 is 0. The van der Waals surface area contributed by atoms with Gasteiger partial charge in [0, 0.05) is 63.5 Å². The van der Waals surface area contributed by atoms with Crippen LogP contribution in [0, 0.1) is 0 Å². The molecular formula is C19H30N4O. The number of amides is 1. The van der Waals surface area contributed by atoms with Crippen LogP contribution in [0.4, 0.5) is 0 Å². The monoisotopic (exact) mass is 330 g/mol. The van der Waals surface area contributed by atoms with Gasteiger partial charge in [0.2, 0.25) is 0 Å². The molecule has 1 aromatic carbocycles. The number of nitrogens with one attached hydrogen (secondary N) is 1. The van der Waals surface area contributed by atoms with Crippen molar-refractivity contribution in [3.8, 4) is 0 Å². The molecule has 2 aliphatic rings. The minimum Gasteiger partial charge on any atom is -0.331 e. The quantitative estimate of drug-likeness (QED) is 0.906. The number of rotatable bonds is 3. The number of likely N-dealkylation sites (N-methyl/N-ethyl adjacent to an activating group) is 1. The van der Waals surface area contributed by atoms with E-state index in [1.807, 2.05) is 17.0 Å². The lowest BCUT2D eigenvalue weighted by Gasteiger charge is -2.39. The van der Waals surface area contributed by atoms with Gasteiger partial charge in [0.25, 0.3) is 5.91 Å². The fourth-order valence-corrected chi connectivity index (χ4v) is 3.75. The number of benzene rings is 1. The molecule has 3 rings (SSSR count). The highest BCUT2D eigenvalue weighted by molar-refractivity contribution is 5.95. The first kappa shape index (κ1) is 17.4. The van der Waals surface area contributed by atoms with Gasteiger partial charge in [-0.05, 0) is 38.6 Å². The SMILES string of the molecule is C[C@@H]1CNC[C@H](C)N1C(=O)c1cccc(CN2CCN(C)CC2)c1. The smallest absolute Gasteiger partial charge is 0.254 e. The average molecular weight is 330 g/mol. The largest absolute Gasteiger partial charge is 0.331 e. The molecule has 0 aromatic heterocycles. The number of nitrogens with zero attached hydrogens (tertiary/aromatic N) is 3. The summed E-state index contributed by atoms with van der Waals surface area (Å²) in [6.45, 7) is 11.4. The molecule has 0 aliphatic carbocycles. The molecule has 2 aliphatic heterocycles. The second kappa shape index (κ2) is 7.64. The van der Waals surface area contributed by atoms with Gasteiger partial charge in [-0.1, -0.05) is 12.1 Å². The van der Waals surface area contributed by atoms with Crippen molar-refractivity contribution < 1.29 is 4.79 Å². The van der Waals surface area contributed by atoms with Crippen LogP contribution < -0.4 is 5.32 Å². The summed E-state index contributed by atoms with van der Waals surface area (Å²) in [6, 6.07) is 8.68. The molecule has 24 heavy (non-hydrogen) atoms. The van der Waals surface area contributed by atoms with Gasteiger partial charge in [-0.2, -0.15) is 0 Å². The maximum absolute atomic E-state index is 13.0. The van der Waals surface area contributed by atoms with Gasteiger partial charge < -0.3 is 15.1 Å². The highest BCUT2D eigenvalue weighted by atomic mass is 16.2. The van der Waals surface area contributed by atoms with Crippen LogP contribution in [0.25, 0.3) is 0 Å². The predicted octanol–water partition coefficient (Wildman–Crippen LogP) is 1.26. The van der Waals surface area contributed by atoms with Crippen LogP contribution in [-0.4, -0.2) is 79.0 Å². The Morgan fingerprint density at radius 3 is 2.46 bits per heavy atom. The molecule has 1 N–H and O–H groups in total. The Morgan fingerprint density at radius 2 is 1.79 bits per heavy atom. The lowest BCUT2D eigenvalue weighted by atomic mass is 10.0. The molecule has 0 radical (unpaired) electrons. The number of hydrogen-bond donors (Lipinski definition) is 1. The average Bonchev–Trinajstić information content (AvgIpc) is 2.57. The van der Waals surface area contributed by atoms with E-state index in [0.717, 1.165) is 51.4 Å². The lowest BCUT2D eigenvalue weighted by molar-refractivity contribution is 0.0544. The molecule has 0 unspecified atom stereocenters. The van der Waals surface area contributed by atoms with Crippen molar-refractivity contribution in [1.82, 2.24) is 20.0 Å². The Morgan fingerprint density at radius 1 is 1.12 bits per heavy atom. The van der Waals surface area contributed by atoms with E-state index in [1.54, 1.807) is 0 Å². The van der Waals surface area contributed by atoms with Crippen molar-refractivity contribution in [2.24, 2.45) is 0 Å². The van der Waals surface area contributed by atoms with Crippen molar-refractivity contribution in [3.05, 3.63) is 35.4 Å². The van der Waals surface area contributed by atoms with E-state index >= 15 is 0 Å². The second-order valence-corrected chi connectivity index (χ2v) is 7.35. The van der Waals surface area contributed by atoms with Crippen LogP contribution in [0.3, 0.4) is 0 Å². The van der Waals surface area contributed by atoms with E-state index in [1.165, 1.54) is 5.56 Å². The fraction of sp³-hybridized carbons (Fsp3) is 0.632. The van der Waals surface area contributed by atoms with Crippen molar-refractivity contribution in [1.29, 1.82) is 0 Å². The number of carbonyl (C=O) groups excluding carboxylic acids is 1. The van der Waals surface area contributed by atoms with Crippen LogP contribution in [-0.2, 0) is 6.54 Å². The first-order valence-corrected chi connectivity index (χ1v) is 9.08. The van der Waals surface area contributed by atoms with Crippen LogP contribution in [0.1, 0.15) is 29.8 Å². The first-order chi connectivity index (χ1) is 11.5. The third kappa shape index (κ3) is 3.97. The number of hydrogen-bond acceptors (Lipinski definition) is 4. The van der Waals surface area contributed by atoms with E-state index < -0.39 is 0 Å². The first-order valence-electron chi connectivity index (χ1n) is 9.08. The van der Waals surface area contributed by atoms with E-state index in [-0.39, 0.29) is 18.0 Å². The fourth-order valence-electron chi connectivity index (χ4n) is 3.75. The molecule has 0 bridgehead atoms. The van der Waals surface area contributed by atoms with Gasteiger partial charge in [0.15, 0.2) is 0 Å². The third-order valence-electron chi connectivity index (χ3n) is 5.24. The minimum absolute atomic E-state index is 0.164. The third-order valence-corrected chi connectivity index (χ3v) is 5.24. The van der Waals surface area contributed by atoms with Gasteiger partial charge in [-0.25, -0.2) is 0 Å². The Balaban J connectivity index is 1.69. The van der Waals surface area contributed by atoms with Crippen molar-refractivity contribution >= 4 is 5.91 Å². The van der Waals surface area contributed by atoms with Crippen LogP contribution >= 0.6 is 0 Å². The molecule has 2 saturated heterocycles. The zero-order chi connectivity index (χ0) is 17.1. The molecule has 0 saturated carbocycles. The summed E-state index contributed by atoms with van der Waals surface area (Å²) < 4.78 is 0. The van der Waals surface area contributed by atoms with Crippen molar-refractivity contribution in [2.45, 2.75) is 32.5 Å².